The van der Waals surface area contributed by atoms with Crippen LogP contribution >= 0.6 is 11.3 Å². The maximum Gasteiger partial charge on any atom is 0.0640 e. The third kappa shape index (κ3) is 5.87. The number of nitrogens with zero attached hydrogens (tertiary/aromatic N) is 1. The molecule has 0 amide bonds. The zero-order chi connectivity index (χ0) is 36.9. The summed E-state index contributed by atoms with van der Waals surface area (Å²) in [6.07, 6.45) is 0. The van der Waals surface area contributed by atoms with Crippen molar-refractivity contribution in [1.29, 1.82) is 0 Å². The van der Waals surface area contributed by atoms with Gasteiger partial charge in [0.05, 0.1) is 10.4 Å². The van der Waals surface area contributed by atoms with E-state index in [0.29, 0.717) is 5.92 Å². The van der Waals surface area contributed by atoms with Gasteiger partial charge in [0.25, 0.3) is 0 Å². The Kier molecular flexibility index (Phi) is 8.27. The molecule has 0 fully saturated rings. The Bertz CT molecular complexity index is 2990. The zero-order valence-corrected chi connectivity index (χ0v) is 31.7. The van der Waals surface area contributed by atoms with E-state index in [2.05, 4.69) is 213 Å². The molecule has 0 saturated heterocycles. The van der Waals surface area contributed by atoms with Crippen LogP contribution in [0.1, 0.15) is 25.3 Å². The molecule has 0 aliphatic rings. The average molecular weight is 722 g/mol. The Hall–Kier alpha value is -6.48. The molecular weight excluding hydrogens is 683 g/mol. The van der Waals surface area contributed by atoms with Crippen LogP contribution in [0.5, 0.6) is 0 Å². The van der Waals surface area contributed by atoms with Gasteiger partial charge in [0.15, 0.2) is 0 Å². The van der Waals surface area contributed by atoms with Gasteiger partial charge < -0.3 is 4.90 Å². The lowest BCUT2D eigenvalue weighted by Gasteiger charge is -2.27. The molecule has 262 valence electrons. The predicted molar refractivity (Wildman–Crippen MR) is 239 cm³/mol. The van der Waals surface area contributed by atoms with Gasteiger partial charge in [-0.15, -0.1) is 11.3 Å². The summed E-state index contributed by atoms with van der Waals surface area (Å²) in [5, 5.41) is 7.72. The van der Waals surface area contributed by atoms with Crippen molar-refractivity contribution in [3.05, 3.63) is 200 Å². The molecule has 10 rings (SSSR count). The molecule has 0 radical (unpaired) electrons. The topological polar surface area (TPSA) is 3.24 Å². The van der Waals surface area contributed by atoms with Crippen molar-refractivity contribution in [2.45, 2.75) is 19.8 Å². The fourth-order valence-electron chi connectivity index (χ4n) is 8.27. The molecule has 0 aliphatic carbocycles. The highest BCUT2D eigenvalue weighted by atomic mass is 32.1. The minimum Gasteiger partial charge on any atom is -0.309 e. The molecule has 2 heteroatoms. The zero-order valence-electron chi connectivity index (χ0n) is 30.9. The number of hydrogen-bond acceptors (Lipinski definition) is 2. The van der Waals surface area contributed by atoms with Crippen LogP contribution in [-0.2, 0) is 0 Å². The number of rotatable bonds is 7. The first kappa shape index (κ1) is 33.1. The molecule has 10 aromatic rings. The van der Waals surface area contributed by atoms with Crippen LogP contribution in [0.3, 0.4) is 0 Å². The number of fused-ring (bicyclic) bond motifs is 6. The SMILES string of the molecule is CC(C)c1ccc(-c2cccc(N(c3ccc(-c4cccc5cccc(-c6ccccc6)c45)cc3)c3cccc4c3sc3ccc5ccccc5c34)c2)cc1. The second kappa shape index (κ2) is 13.7. The van der Waals surface area contributed by atoms with E-state index in [9.17, 15) is 0 Å². The van der Waals surface area contributed by atoms with Gasteiger partial charge in [0.1, 0.15) is 0 Å². The summed E-state index contributed by atoms with van der Waals surface area (Å²) < 4.78 is 2.59. The van der Waals surface area contributed by atoms with Crippen molar-refractivity contribution in [3.8, 4) is 33.4 Å². The maximum absolute atomic E-state index is 2.45. The van der Waals surface area contributed by atoms with Crippen LogP contribution < -0.4 is 4.90 Å². The van der Waals surface area contributed by atoms with Gasteiger partial charge in [-0.25, -0.2) is 0 Å². The number of thiophene rings is 1. The van der Waals surface area contributed by atoms with E-state index in [-0.39, 0.29) is 0 Å². The van der Waals surface area contributed by atoms with Crippen LogP contribution in [0, 0.1) is 0 Å². The second-order valence-electron chi connectivity index (χ2n) is 14.7. The highest BCUT2D eigenvalue weighted by Crippen LogP contribution is 2.47. The Morgan fingerprint density at radius 2 is 1.04 bits per heavy atom. The summed E-state index contributed by atoms with van der Waals surface area (Å²) in [6, 6.07) is 71.4. The largest absolute Gasteiger partial charge is 0.309 e. The van der Waals surface area contributed by atoms with E-state index >= 15 is 0 Å². The molecule has 0 bridgehead atoms. The average Bonchev–Trinajstić information content (AvgIpc) is 3.64. The molecule has 0 N–H and O–H groups in total. The Balaban J connectivity index is 1.15. The lowest BCUT2D eigenvalue weighted by Crippen LogP contribution is -2.10. The standard InChI is InChI=1S/C53H39NS/c1-35(2)36-24-26-37(27-25-36)42-17-8-18-44(34-42)54(49-23-11-22-48-52-47-19-7-6-14-39(47)30-33-50(52)55-53(48)49)43-31-28-40(29-32-43)46-21-10-16-41-15-9-20-45(51(41)46)38-12-4-3-5-13-38/h3-35H,1-2H3. The van der Waals surface area contributed by atoms with Crippen LogP contribution in [-0.4, -0.2) is 0 Å². The van der Waals surface area contributed by atoms with Crippen molar-refractivity contribution >= 4 is 70.1 Å². The molecule has 0 atom stereocenters. The van der Waals surface area contributed by atoms with Crippen molar-refractivity contribution in [1.82, 2.24) is 0 Å². The summed E-state index contributed by atoms with van der Waals surface area (Å²) in [5.41, 5.74) is 12.1. The van der Waals surface area contributed by atoms with E-state index < -0.39 is 0 Å². The van der Waals surface area contributed by atoms with Gasteiger partial charge in [-0.3, -0.25) is 0 Å². The van der Waals surface area contributed by atoms with E-state index in [1.54, 1.807) is 0 Å². The quantitative estimate of drug-likeness (QED) is 0.158. The first-order chi connectivity index (χ1) is 27.1. The maximum atomic E-state index is 2.45. The molecule has 1 heterocycles. The summed E-state index contributed by atoms with van der Waals surface area (Å²) in [4.78, 5) is 2.45. The molecule has 1 aromatic heterocycles. The molecule has 9 aromatic carbocycles. The number of anilines is 3. The molecular formula is C53H39NS. The van der Waals surface area contributed by atoms with E-state index in [0.717, 1.165) is 11.4 Å². The molecule has 55 heavy (non-hydrogen) atoms. The summed E-state index contributed by atoms with van der Waals surface area (Å²) in [6.45, 7) is 4.50. The molecule has 0 saturated carbocycles. The fourth-order valence-corrected chi connectivity index (χ4v) is 9.49. The van der Waals surface area contributed by atoms with Crippen molar-refractivity contribution < 1.29 is 0 Å². The van der Waals surface area contributed by atoms with Gasteiger partial charge in [0, 0.05) is 26.8 Å². The predicted octanol–water partition coefficient (Wildman–Crippen LogP) is 16.0. The minimum absolute atomic E-state index is 0.497. The number of benzene rings is 9. The lowest BCUT2D eigenvalue weighted by molar-refractivity contribution is 0.867. The van der Waals surface area contributed by atoms with E-state index in [1.807, 2.05) is 11.3 Å². The minimum atomic E-state index is 0.497. The third-order valence-corrected chi connectivity index (χ3v) is 12.2. The Morgan fingerprint density at radius 1 is 0.418 bits per heavy atom. The first-order valence-corrected chi connectivity index (χ1v) is 19.9. The summed E-state index contributed by atoms with van der Waals surface area (Å²) in [5.74, 6) is 0.497. The molecule has 0 aliphatic heterocycles. The fraction of sp³-hybridized carbons (Fsp3) is 0.0566. The lowest BCUT2D eigenvalue weighted by atomic mass is 9.91. The van der Waals surface area contributed by atoms with E-state index in [4.69, 9.17) is 0 Å². The van der Waals surface area contributed by atoms with Crippen LogP contribution in [0.15, 0.2) is 194 Å². The van der Waals surface area contributed by atoms with Gasteiger partial charge in [-0.1, -0.05) is 172 Å². The number of hydrogen-bond donors (Lipinski definition) is 0. The normalized spacial score (nSPS) is 11.6. The first-order valence-electron chi connectivity index (χ1n) is 19.1. The Morgan fingerprint density at radius 3 is 1.80 bits per heavy atom. The summed E-state index contributed by atoms with van der Waals surface area (Å²) in [7, 11) is 0. The second-order valence-corrected chi connectivity index (χ2v) is 15.8. The molecule has 0 spiro atoms. The van der Waals surface area contributed by atoms with Crippen LogP contribution in [0.25, 0.3) is 75.1 Å². The summed E-state index contributed by atoms with van der Waals surface area (Å²) >= 11 is 1.88. The highest BCUT2D eigenvalue weighted by Gasteiger charge is 2.20. The molecule has 1 nitrogen and oxygen atoms in total. The van der Waals surface area contributed by atoms with Gasteiger partial charge >= 0.3 is 0 Å². The highest BCUT2D eigenvalue weighted by molar-refractivity contribution is 7.26. The monoisotopic (exact) mass is 721 g/mol. The van der Waals surface area contributed by atoms with Crippen LogP contribution in [0.4, 0.5) is 17.1 Å². The Labute approximate surface area is 326 Å². The van der Waals surface area contributed by atoms with Gasteiger partial charge in [-0.05, 0) is 103 Å². The van der Waals surface area contributed by atoms with Crippen molar-refractivity contribution in [3.63, 3.8) is 0 Å². The van der Waals surface area contributed by atoms with Gasteiger partial charge in [0.2, 0.25) is 0 Å². The van der Waals surface area contributed by atoms with Crippen LogP contribution in [0.2, 0.25) is 0 Å². The third-order valence-electron chi connectivity index (χ3n) is 11.0. The van der Waals surface area contributed by atoms with Gasteiger partial charge in [-0.2, -0.15) is 0 Å². The molecule has 0 unspecified atom stereocenters. The van der Waals surface area contributed by atoms with Crippen molar-refractivity contribution in [2.24, 2.45) is 0 Å². The van der Waals surface area contributed by atoms with E-state index in [1.165, 1.54) is 86.3 Å². The van der Waals surface area contributed by atoms with Crippen molar-refractivity contribution in [2.75, 3.05) is 4.90 Å². The smallest absolute Gasteiger partial charge is 0.0640 e.